The first-order chi connectivity index (χ1) is 8.97. The van der Waals surface area contributed by atoms with Crippen molar-refractivity contribution >= 4 is 5.97 Å². The highest BCUT2D eigenvalue weighted by atomic mass is 16.5. The zero-order valence-electron chi connectivity index (χ0n) is 12.0. The molecule has 0 spiro atoms. The van der Waals surface area contributed by atoms with Crippen molar-refractivity contribution < 1.29 is 9.53 Å². The average molecular weight is 261 g/mol. The Kier molecular flexibility index (Phi) is 4.25. The molecule has 1 fully saturated rings. The van der Waals surface area contributed by atoms with Crippen molar-refractivity contribution in [1.29, 1.82) is 0 Å². The first kappa shape index (κ1) is 14.1. The molecule has 1 N–H and O–H groups in total. The number of carbonyl (C=O) groups excluding carboxylic acids is 1. The van der Waals surface area contributed by atoms with Crippen molar-refractivity contribution in [3.63, 3.8) is 0 Å². The summed E-state index contributed by atoms with van der Waals surface area (Å²) in [5, 5.41) is 3.49. The molecular weight excluding hydrogens is 238 g/mol. The minimum atomic E-state index is -0.423. The van der Waals surface area contributed by atoms with E-state index in [0.29, 0.717) is 0 Å². The van der Waals surface area contributed by atoms with E-state index in [4.69, 9.17) is 4.74 Å². The summed E-state index contributed by atoms with van der Waals surface area (Å²) in [6.45, 7) is 6.57. The van der Waals surface area contributed by atoms with Crippen molar-refractivity contribution in [1.82, 2.24) is 5.32 Å². The molecule has 0 aliphatic carbocycles. The number of piperidine rings is 1. The van der Waals surface area contributed by atoms with E-state index in [2.05, 4.69) is 17.4 Å². The van der Waals surface area contributed by atoms with Crippen LogP contribution >= 0.6 is 0 Å². The maximum atomic E-state index is 11.9. The van der Waals surface area contributed by atoms with Crippen LogP contribution in [0.25, 0.3) is 0 Å². The first-order valence-electron chi connectivity index (χ1n) is 6.96. The fourth-order valence-corrected chi connectivity index (χ4v) is 2.26. The minimum absolute atomic E-state index is 0.0261. The maximum absolute atomic E-state index is 11.9. The molecule has 2 unspecified atom stereocenters. The average Bonchev–Trinajstić information content (AvgIpc) is 2.39. The molecular formula is C16H23NO2. The van der Waals surface area contributed by atoms with E-state index in [1.807, 2.05) is 39.0 Å². The van der Waals surface area contributed by atoms with Crippen LogP contribution in [0, 0.1) is 5.41 Å². The van der Waals surface area contributed by atoms with Gasteiger partial charge in [-0.1, -0.05) is 30.3 Å². The number of esters is 1. The Morgan fingerprint density at radius 2 is 1.95 bits per heavy atom. The molecule has 0 radical (unpaired) electrons. The Labute approximate surface area is 115 Å². The van der Waals surface area contributed by atoms with E-state index in [9.17, 15) is 4.79 Å². The van der Waals surface area contributed by atoms with Gasteiger partial charge < -0.3 is 10.1 Å². The van der Waals surface area contributed by atoms with Gasteiger partial charge in [0.25, 0.3) is 0 Å². The summed E-state index contributed by atoms with van der Waals surface area (Å²) in [5.74, 6) is -0.105. The summed E-state index contributed by atoms with van der Waals surface area (Å²) in [4.78, 5) is 11.9. The van der Waals surface area contributed by atoms with Gasteiger partial charge in [-0.25, -0.2) is 0 Å². The smallest absolute Gasteiger partial charge is 0.311 e. The fourth-order valence-electron chi connectivity index (χ4n) is 2.26. The van der Waals surface area contributed by atoms with Gasteiger partial charge in [-0.15, -0.1) is 0 Å². The van der Waals surface area contributed by atoms with Crippen LogP contribution in [0.5, 0.6) is 0 Å². The third kappa shape index (κ3) is 3.80. The van der Waals surface area contributed by atoms with Crippen LogP contribution in [-0.2, 0) is 9.53 Å². The van der Waals surface area contributed by atoms with Crippen molar-refractivity contribution in [2.24, 2.45) is 5.41 Å². The minimum Gasteiger partial charge on any atom is -0.462 e. The summed E-state index contributed by atoms with van der Waals surface area (Å²) >= 11 is 0. The van der Waals surface area contributed by atoms with Crippen LogP contribution in [0.2, 0.25) is 0 Å². The van der Waals surface area contributed by atoms with Crippen molar-refractivity contribution in [2.75, 3.05) is 6.54 Å². The Balaban J connectivity index is 1.96. The van der Waals surface area contributed by atoms with E-state index in [1.165, 1.54) is 5.56 Å². The molecule has 2 atom stereocenters. The number of carbonyl (C=O) groups is 1. The van der Waals surface area contributed by atoms with Gasteiger partial charge in [-0.2, -0.15) is 0 Å². The molecule has 0 amide bonds. The van der Waals surface area contributed by atoms with Crippen LogP contribution in [0.3, 0.4) is 0 Å². The summed E-state index contributed by atoms with van der Waals surface area (Å²) in [6, 6.07) is 10.6. The summed E-state index contributed by atoms with van der Waals surface area (Å²) in [7, 11) is 0. The quantitative estimate of drug-likeness (QED) is 0.831. The standard InChI is InChI=1S/C16H23NO2/c1-16(2,3)15(18)19-13-9-10-17-14(11-13)12-7-5-4-6-8-12/h4-8,13-14,17H,9-11H2,1-3H3. The highest BCUT2D eigenvalue weighted by Gasteiger charge is 2.30. The van der Waals surface area contributed by atoms with Crippen molar-refractivity contribution in [3.05, 3.63) is 35.9 Å². The second-order valence-electron chi connectivity index (χ2n) is 6.22. The molecule has 1 heterocycles. The van der Waals surface area contributed by atoms with E-state index in [-0.39, 0.29) is 18.1 Å². The third-order valence-electron chi connectivity index (χ3n) is 3.44. The normalized spacial score (nSPS) is 23.9. The van der Waals surface area contributed by atoms with Gasteiger partial charge >= 0.3 is 5.97 Å². The SMILES string of the molecule is CC(C)(C)C(=O)OC1CCNC(c2ccccc2)C1. The van der Waals surface area contributed by atoms with Crippen LogP contribution in [0.1, 0.15) is 45.2 Å². The van der Waals surface area contributed by atoms with Gasteiger partial charge in [0.15, 0.2) is 0 Å². The lowest BCUT2D eigenvalue weighted by atomic mass is 9.94. The summed E-state index contributed by atoms with van der Waals surface area (Å²) < 4.78 is 5.63. The number of nitrogens with one attached hydrogen (secondary N) is 1. The zero-order chi connectivity index (χ0) is 13.9. The summed E-state index contributed by atoms with van der Waals surface area (Å²) in [5.41, 5.74) is 0.839. The number of hydrogen-bond acceptors (Lipinski definition) is 3. The van der Waals surface area contributed by atoms with E-state index in [0.717, 1.165) is 19.4 Å². The van der Waals surface area contributed by atoms with E-state index in [1.54, 1.807) is 0 Å². The van der Waals surface area contributed by atoms with Crippen molar-refractivity contribution in [2.45, 2.75) is 45.8 Å². The first-order valence-corrected chi connectivity index (χ1v) is 6.96. The van der Waals surface area contributed by atoms with Gasteiger partial charge in [-0.05, 0) is 39.3 Å². The maximum Gasteiger partial charge on any atom is 0.311 e. The number of hydrogen-bond donors (Lipinski definition) is 1. The number of rotatable bonds is 2. The predicted octanol–water partition coefficient (Wildman–Crippen LogP) is 3.07. The predicted molar refractivity (Wildman–Crippen MR) is 75.8 cm³/mol. The van der Waals surface area contributed by atoms with E-state index >= 15 is 0 Å². The van der Waals surface area contributed by atoms with Crippen LogP contribution in [0.4, 0.5) is 0 Å². The number of ether oxygens (including phenoxy) is 1. The topological polar surface area (TPSA) is 38.3 Å². The highest BCUT2D eigenvalue weighted by Crippen LogP contribution is 2.26. The van der Waals surface area contributed by atoms with Gasteiger partial charge in [0.05, 0.1) is 5.41 Å². The molecule has 1 saturated heterocycles. The Morgan fingerprint density at radius 3 is 2.58 bits per heavy atom. The molecule has 1 aromatic rings. The second-order valence-corrected chi connectivity index (χ2v) is 6.22. The highest BCUT2D eigenvalue weighted by molar-refractivity contribution is 5.75. The van der Waals surface area contributed by atoms with Gasteiger partial charge in [0.1, 0.15) is 6.10 Å². The molecule has 1 aromatic carbocycles. The number of benzene rings is 1. The molecule has 1 aliphatic heterocycles. The molecule has 0 bridgehead atoms. The summed E-state index contributed by atoms with van der Waals surface area (Å²) in [6.07, 6.45) is 1.77. The molecule has 0 aromatic heterocycles. The Morgan fingerprint density at radius 1 is 1.26 bits per heavy atom. The molecule has 19 heavy (non-hydrogen) atoms. The second kappa shape index (κ2) is 5.74. The van der Waals surface area contributed by atoms with Crippen LogP contribution < -0.4 is 5.32 Å². The largest absolute Gasteiger partial charge is 0.462 e. The lowest BCUT2D eigenvalue weighted by Crippen LogP contribution is -2.38. The molecule has 0 saturated carbocycles. The van der Waals surface area contributed by atoms with Crippen LogP contribution in [0.15, 0.2) is 30.3 Å². The van der Waals surface area contributed by atoms with Crippen molar-refractivity contribution in [3.8, 4) is 0 Å². The fraction of sp³-hybridized carbons (Fsp3) is 0.562. The molecule has 3 heteroatoms. The monoisotopic (exact) mass is 261 g/mol. The van der Waals surface area contributed by atoms with E-state index < -0.39 is 5.41 Å². The zero-order valence-corrected chi connectivity index (χ0v) is 12.0. The molecule has 2 rings (SSSR count). The van der Waals surface area contributed by atoms with Gasteiger partial charge in [0, 0.05) is 12.5 Å². The molecule has 1 aliphatic rings. The molecule has 104 valence electrons. The lowest BCUT2D eigenvalue weighted by molar-refractivity contribution is -0.160. The molecule has 3 nitrogen and oxygen atoms in total. The van der Waals surface area contributed by atoms with Gasteiger partial charge in [-0.3, -0.25) is 4.79 Å². The Hall–Kier alpha value is -1.35. The lowest BCUT2D eigenvalue weighted by Gasteiger charge is -2.32. The van der Waals surface area contributed by atoms with Crippen LogP contribution in [-0.4, -0.2) is 18.6 Å². The Bertz CT molecular complexity index is 422. The third-order valence-corrected chi connectivity index (χ3v) is 3.44. The van der Waals surface area contributed by atoms with Gasteiger partial charge in [0.2, 0.25) is 0 Å².